The second-order valence-electron chi connectivity index (χ2n) is 23.9. The molecule has 0 saturated carbocycles. The van der Waals surface area contributed by atoms with Gasteiger partial charge in [-0.2, -0.15) is 0 Å². The number of aromatic nitrogens is 3. The van der Waals surface area contributed by atoms with Crippen LogP contribution in [0.1, 0.15) is 201 Å². The van der Waals surface area contributed by atoms with E-state index in [2.05, 4.69) is 246 Å². The Hall–Kier alpha value is -4.89. The van der Waals surface area contributed by atoms with Crippen LogP contribution in [0.4, 0.5) is 0 Å². The zero-order valence-electron chi connectivity index (χ0n) is 51.6. The minimum absolute atomic E-state index is 0.0668. The predicted octanol–water partition coefficient (Wildman–Crippen LogP) is 16.8. The van der Waals surface area contributed by atoms with Crippen LogP contribution < -0.4 is 13.7 Å². The van der Waals surface area contributed by atoms with Crippen LogP contribution in [0.25, 0.3) is 33.8 Å². The number of nitrogens with zero attached hydrogens (tertiary/aromatic N) is 3. The lowest BCUT2D eigenvalue weighted by molar-refractivity contribution is -0.661. The molecule has 0 amide bonds. The van der Waals surface area contributed by atoms with Crippen LogP contribution in [0.2, 0.25) is 0 Å². The molecule has 3 aromatic carbocycles. The van der Waals surface area contributed by atoms with Crippen molar-refractivity contribution in [1.82, 2.24) is 0 Å². The van der Waals surface area contributed by atoms with Crippen molar-refractivity contribution in [3.63, 3.8) is 0 Å². The lowest BCUT2D eigenvalue weighted by Crippen LogP contribution is -2.37. The van der Waals surface area contributed by atoms with Crippen LogP contribution in [0, 0.1) is 41.5 Å². The summed E-state index contributed by atoms with van der Waals surface area (Å²) < 4.78 is 29.8. The molecule has 0 aliphatic rings. The first-order chi connectivity index (χ1) is 33.6. The van der Waals surface area contributed by atoms with Crippen LogP contribution in [0.5, 0.6) is 0 Å². The number of hydrogen-bond acceptors (Lipinski definition) is 0. The molecule has 0 fully saturated rings. The maximum atomic E-state index is 7.67. The van der Waals surface area contributed by atoms with Gasteiger partial charge >= 0.3 is 0 Å². The highest BCUT2D eigenvalue weighted by Gasteiger charge is 2.35. The lowest BCUT2D eigenvalue weighted by atomic mass is 9.71. The Morgan fingerprint density at radius 3 is 1.07 bits per heavy atom. The van der Waals surface area contributed by atoms with Gasteiger partial charge in [-0.25, -0.2) is 13.7 Å². The van der Waals surface area contributed by atoms with Crippen LogP contribution in [-0.2, 0) is 48.2 Å². The van der Waals surface area contributed by atoms with Gasteiger partial charge in [0.15, 0.2) is 18.6 Å². The second-order valence-corrected chi connectivity index (χ2v) is 23.9. The van der Waals surface area contributed by atoms with Gasteiger partial charge in [-0.3, -0.25) is 0 Å². The van der Waals surface area contributed by atoms with Gasteiger partial charge in [0.2, 0.25) is 17.1 Å². The topological polar surface area (TPSA) is 11.6 Å². The van der Waals surface area contributed by atoms with Gasteiger partial charge < -0.3 is 0 Å². The monoisotopic (exact) mass is 948 g/mol. The van der Waals surface area contributed by atoms with Crippen molar-refractivity contribution in [3.8, 4) is 33.8 Å². The molecule has 3 heterocycles. The van der Waals surface area contributed by atoms with E-state index >= 15 is 0 Å². The quantitative estimate of drug-likeness (QED) is 0.102. The van der Waals surface area contributed by atoms with Gasteiger partial charge in [-0.05, 0) is 152 Å². The van der Waals surface area contributed by atoms with Crippen LogP contribution in [0.15, 0.2) is 97.5 Å². The molecule has 3 nitrogen and oxygen atoms in total. The number of pyridine rings is 3. The molecule has 0 atom stereocenters. The first kappa shape index (κ1) is 52.9. The predicted molar refractivity (Wildman–Crippen MR) is 304 cm³/mol. The van der Waals surface area contributed by atoms with Gasteiger partial charge in [0.05, 0.1) is 0 Å². The van der Waals surface area contributed by atoms with Crippen LogP contribution in [-0.4, -0.2) is 0 Å². The lowest BCUT2D eigenvalue weighted by Gasteiger charge is -2.32. The van der Waals surface area contributed by atoms with Crippen molar-refractivity contribution in [1.29, 1.82) is 0 Å². The van der Waals surface area contributed by atoms with Gasteiger partial charge in [-0.15, -0.1) is 0 Å². The zero-order chi connectivity index (χ0) is 55.4. The highest BCUT2D eigenvalue weighted by Crippen LogP contribution is 2.41. The van der Waals surface area contributed by atoms with E-state index in [1.165, 1.54) is 72.6 Å². The van der Waals surface area contributed by atoms with Gasteiger partial charge in [0.1, 0.15) is 21.1 Å². The molecule has 0 saturated heterocycles. The van der Waals surface area contributed by atoms with Crippen molar-refractivity contribution in [2.45, 2.75) is 205 Å². The fourth-order valence-electron chi connectivity index (χ4n) is 9.62. The summed E-state index contributed by atoms with van der Waals surface area (Å²) in [6.07, 6.45) is 12.5. The molecule has 6 rings (SSSR count). The normalized spacial score (nSPS) is 13.1. The molecule has 3 aromatic heterocycles. The SMILES string of the molecule is CCC(C)(C)c1c[n+](C)c(-c2ccc(C)cc2C)cc1C.CCC(C)(C)c1cc(-c2ccccc2C)[n+](C)cc1C(C)(C)CC.[2H]C([2H])([2H])c1ccc(-c2cc(C(C)(C)CC)c(C(C)(C)CC)c[n+]2C)c(C)c1. The smallest absolute Gasteiger partial charge is 0.201 e. The molecule has 70 heavy (non-hydrogen) atoms. The Labute approximate surface area is 434 Å². The summed E-state index contributed by atoms with van der Waals surface area (Å²) in [4.78, 5) is 0. The number of aryl methyl sites for hydroxylation is 9. The van der Waals surface area contributed by atoms with E-state index in [4.69, 9.17) is 4.11 Å². The molecule has 0 N–H and O–H groups in total. The summed E-state index contributed by atoms with van der Waals surface area (Å²) in [5.41, 5.74) is 22.2. The van der Waals surface area contributed by atoms with E-state index in [0.717, 1.165) is 48.9 Å². The minimum Gasteiger partial charge on any atom is -0.201 e. The van der Waals surface area contributed by atoms with Crippen molar-refractivity contribution in [2.24, 2.45) is 21.1 Å². The molecule has 0 spiro atoms. The van der Waals surface area contributed by atoms with Crippen molar-refractivity contribution < 1.29 is 17.8 Å². The Balaban J connectivity index is 0.000000240. The van der Waals surface area contributed by atoms with Crippen molar-refractivity contribution in [2.75, 3.05) is 0 Å². The van der Waals surface area contributed by atoms with E-state index < -0.39 is 6.85 Å². The van der Waals surface area contributed by atoms with Gasteiger partial charge in [-0.1, -0.05) is 157 Å². The third kappa shape index (κ3) is 13.0. The first-order valence-corrected chi connectivity index (χ1v) is 26.5. The Morgan fingerprint density at radius 2 is 0.686 bits per heavy atom. The average molecular weight is 949 g/mol. The summed E-state index contributed by atoms with van der Waals surface area (Å²) >= 11 is 0. The molecule has 378 valence electrons. The molecule has 0 radical (unpaired) electrons. The van der Waals surface area contributed by atoms with Gasteiger partial charge in [0, 0.05) is 55.7 Å². The minimum atomic E-state index is -2.07. The van der Waals surface area contributed by atoms with E-state index in [1.54, 1.807) is 12.1 Å². The number of benzene rings is 3. The largest absolute Gasteiger partial charge is 0.212 e. The highest BCUT2D eigenvalue weighted by atomic mass is 14.9. The number of rotatable bonds is 13. The van der Waals surface area contributed by atoms with E-state index in [1.807, 2.05) is 13.0 Å². The fraction of sp³-hybridized carbons (Fsp3) is 0.507. The summed E-state index contributed by atoms with van der Waals surface area (Å²) in [6.45, 7) is 43.4. The van der Waals surface area contributed by atoms with Crippen LogP contribution >= 0.6 is 0 Å². The molecular formula is C67H98N3+3. The second kappa shape index (κ2) is 22.7. The van der Waals surface area contributed by atoms with Crippen molar-refractivity contribution in [3.05, 3.63) is 159 Å². The maximum absolute atomic E-state index is 7.67. The van der Waals surface area contributed by atoms with E-state index in [-0.39, 0.29) is 27.1 Å². The Kier molecular flexibility index (Phi) is 17.1. The fourth-order valence-corrected chi connectivity index (χ4v) is 9.62. The standard InChI is InChI=1S/C24H36N.C23H34N.C20H28N/c1-10-23(5,6)20-15-22(19-13-12-17(3)14-18(19)4)25(9)16-21(20)24(7,8)11-2;1-9-22(4,5)19-15-21(18-14-12-11-13-17(18)3)24(8)16-20(19)23(6,7)10-2;1-8-20(5,6)18-13-21(7)19(12-16(18)4)17-10-9-14(2)11-15(17)3/h12-16H,10-11H2,1-9H3;11-16H,9-10H2,1-8H3;9-13H,8H2,1-7H3/q3*+1/i3D3;;. The Morgan fingerprint density at radius 1 is 0.357 bits per heavy atom. The molecule has 0 aliphatic carbocycles. The molecule has 0 aliphatic heterocycles. The third-order valence-corrected chi connectivity index (χ3v) is 16.7. The molecular weight excluding hydrogens is 847 g/mol. The highest BCUT2D eigenvalue weighted by molar-refractivity contribution is 5.65. The summed E-state index contributed by atoms with van der Waals surface area (Å²) in [6, 6.07) is 28.0. The van der Waals surface area contributed by atoms with E-state index in [0.29, 0.717) is 5.56 Å². The maximum Gasteiger partial charge on any atom is 0.212 e. The number of hydrogen-bond donors (Lipinski definition) is 0. The zero-order valence-corrected chi connectivity index (χ0v) is 48.6. The molecule has 6 aromatic rings. The van der Waals surface area contributed by atoms with Crippen molar-refractivity contribution >= 4 is 0 Å². The third-order valence-electron chi connectivity index (χ3n) is 16.7. The summed E-state index contributed by atoms with van der Waals surface area (Å²) in [5, 5.41) is 0. The van der Waals surface area contributed by atoms with Crippen LogP contribution in [0.3, 0.4) is 0 Å². The first-order valence-electron chi connectivity index (χ1n) is 28.0. The van der Waals surface area contributed by atoms with Gasteiger partial charge in [0.25, 0.3) is 0 Å². The molecule has 0 bridgehead atoms. The Bertz CT molecular complexity index is 2870. The average Bonchev–Trinajstić information content (AvgIpc) is 3.32. The molecule has 0 unspecified atom stereocenters. The van der Waals surface area contributed by atoms with E-state index in [9.17, 15) is 0 Å². The molecule has 3 heteroatoms. The summed E-state index contributed by atoms with van der Waals surface area (Å²) in [7, 11) is 6.42. The summed E-state index contributed by atoms with van der Waals surface area (Å²) in [5.74, 6) is 0.